The number of methoxy groups -OCH3 is 1. The van der Waals surface area contributed by atoms with Crippen molar-refractivity contribution in [2.45, 2.75) is 26.7 Å². The third kappa shape index (κ3) is 1.93. The molecule has 0 spiro atoms. The van der Waals surface area contributed by atoms with Crippen molar-refractivity contribution in [2.24, 2.45) is 4.99 Å². The molecule has 0 amide bonds. The van der Waals surface area contributed by atoms with Crippen molar-refractivity contribution in [1.29, 1.82) is 0 Å². The van der Waals surface area contributed by atoms with Gasteiger partial charge in [-0.05, 0) is 37.5 Å². The summed E-state index contributed by atoms with van der Waals surface area (Å²) in [5, 5.41) is 2.34. The molecule has 0 saturated heterocycles. The monoisotopic (exact) mass is 256 g/mol. The van der Waals surface area contributed by atoms with E-state index in [2.05, 4.69) is 24.8 Å². The van der Waals surface area contributed by atoms with Crippen LogP contribution in [0.5, 0.6) is 5.75 Å². The maximum Gasteiger partial charge on any atom is 0.121 e. The second-order valence-corrected chi connectivity index (χ2v) is 5.14. The molecule has 0 unspecified atom stereocenters. The molecule has 3 heteroatoms. The van der Waals surface area contributed by atoms with Crippen LogP contribution in [0.1, 0.15) is 26.7 Å². The van der Waals surface area contributed by atoms with Crippen LogP contribution in [0.3, 0.4) is 0 Å². The standard InChI is InChI=1S/C16H20N2O/c1-4-8-18-9-7-14-13-6-5-12(19-3)10-15(13)17-16(14)11(18)2/h5-6,10H,4,7-9H2,1-3H3. The summed E-state index contributed by atoms with van der Waals surface area (Å²) in [6, 6.07) is 6.20. The second-order valence-electron chi connectivity index (χ2n) is 5.14. The van der Waals surface area contributed by atoms with Gasteiger partial charge in [0.05, 0.1) is 18.2 Å². The van der Waals surface area contributed by atoms with Gasteiger partial charge in [-0.25, -0.2) is 4.99 Å². The van der Waals surface area contributed by atoms with E-state index in [0.717, 1.165) is 30.6 Å². The van der Waals surface area contributed by atoms with Gasteiger partial charge in [0.25, 0.3) is 0 Å². The molecule has 3 nitrogen and oxygen atoms in total. The van der Waals surface area contributed by atoms with Gasteiger partial charge >= 0.3 is 0 Å². The largest absolute Gasteiger partial charge is 0.497 e. The summed E-state index contributed by atoms with van der Waals surface area (Å²) in [5.41, 5.74) is 3.91. The van der Waals surface area contributed by atoms with E-state index in [1.54, 1.807) is 7.11 Å². The molecule has 0 saturated carbocycles. The molecule has 3 rings (SSSR count). The number of hydrogen-bond acceptors (Lipinski definition) is 3. The van der Waals surface area contributed by atoms with Crippen LogP contribution in [-0.4, -0.2) is 25.1 Å². The predicted molar refractivity (Wildman–Crippen MR) is 76.4 cm³/mol. The lowest BCUT2D eigenvalue weighted by Gasteiger charge is -2.30. The number of allylic oxidation sites excluding steroid dienone is 2. The summed E-state index contributed by atoms with van der Waals surface area (Å²) < 4.78 is 5.28. The third-order valence-electron chi connectivity index (χ3n) is 3.99. The molecular weight excluding hydrogens is 236 g/mol. The first-order valence-electron chi connectivity index (χ1n) is 6.96. The highest BCUT2D eigenvalue weighted by Gasteiger charge is 2.23. The van der Waals surface area contributed by atoms with E-state index in [1.165, 1.54) is 28.6 Å². The highest BCUT2D eigenvalue weighted by molar-refractivity contribution is 5.68. The zero-order valence-corrected chi connectivity index (χ0v) is 11.9. The predicted octanol–water partition coefficient (Wildman–Crippen LogP) is 1.83. The van der Waals surface area contributed by atoms with E-state index in [9.17, 15) is 0 Å². The zero-order valence-electron chi connectivity index (χ0n) is 11.9. The van der Waals surface area contributed by atoms with Crippen molar-refractivity contribution in [3.8, 4) is 5.75 Å². The van der Waals surface area contributed by atoms with Crippen LogP contribution in [-0.2, 0) is 0 Å². The maximum atomic E-state index is 5.28. The normalized spacial score (nSPS) is 17.2. The van der Waals surface area contributed by atoms with Gasteiger partial charge in [0, 0.05) is 30.1 Å². The van der Waals surface area contributed by atoms with Crippen molar-refractivity contribution in [1.82, 2.24) is 4.90 Å². The fourth-order valence-corrected chi connectivity index (χ4v) is 2.97. The van der Waals surface area contributed by atoms with E-state index in [1.807, 2.05) is 12.1 Å². The molecule has 0 aromatic heterocycles. The fourth-order valence-electron chi connectivity index (χ4n) is 2.97. The van der Waals surface area contributed by atoms with Crippen LogP contribution < -0.4 is 15.3 Å². The molecule has 0 fully saturated rings. The van der Waals surface area contributed by atoms with E-state index in [0.29, 0.717) is 0 Å². The van der Waals surface area contributed by atoms with Gasteiger partial charge in [-0.1, -0.05) is 6.92 Å². The van der Waals surface area contributed by atoms with Gasteiger partial charge in [-0.3, -0.25) is 0 Å². The summed E-state index contributed by atoms with van der Waals surface area (Å²) in [6.07, 6.45) is 2.27. The lowest BCUT2D eigenvalue weighted by atomic mass is 10.0. The van der Waals surface area contributed by atoms with Gasteiger partial charge in [0.15, 0.2) is 0 Å². The van der Waals surface area contributed by atoms with Crippen LogP contribution in [0.25, 0.3) is 5.57 Å². The van der Waals surface area contributed by atoms with Gasteiger partial charge in [0.2, 0.25) is 0 Å². The number of nitrogens with zero attached hydrogens (tertiary/aromatic N) is 2. The fraction of sp³-hybridized carbons (Fsp3) is 0.438. The molecular formula is C16H20N2O. The molecule has 0 radical (unpaired) electrons. The summed E-state index contributed by atoms with van der Waals surface area (Å²) in [7, 11) is 1.70. The minimum Gasteiger partial charge on any atom is -0.497 e. The summed E-state index contributed by atoms with van der Waals surface area (Å²) in [6.45, 7) is 6.65. The maximum absolute atomic E-state index is 5.28. The number of ether oxygens (including phenoxy) is 1. The van der Waals surface area contributed by atoms with Crippen LogP contribution in [0.2, 0.25) is 0 Å². The number of hydrogen-bond donors (Lipinski definition) is 0. The number of fused-ring (bicyclic) bond motifs is 2. The minimum atomic E-state index is 0.880. The Morgan fingerprint density at radius 1 is 1.37 bits per heavy atom. The number of rotatable bonds is 3. The first-order chi connectivity index (χ1) is 9.24. The van der Waals surface area contributed by atoms with Crippen LogP contribution >= 0.6 is 0 Å². The first-order valence-corrected chi connectivity index (χ1v) is 6.96. The van der Waals surface area contributed by atoms with Crippen molar-refractivity contribution >= 4 is 5.57 Å². The van der Waals surface area contributed by atoms with Crippen molar-refractivity contribution in [2.75, 3.05) is 20.2 Å². The topological polar surface area (TPSA) is 24.8 Å². The summed E-state index contributed by atoms with van der Waals surface area (Å²) in [5.74, 6) is 0.880. The zero-order chi connectivity index (χ0) is 13.4. The lowest BCUT2D eigenvalue weighted by Crippen LogP contribution is -2.30. The van der Waals surface area contributed by atoms with E-state index in [4.69, 9.17) is 9.73 Å². The Morgan fingerprint density at radius 2 is 2.21 bits per heavy atom. The highest BCUT2D eigenvalue weighted by Crippen LogP contribution is 2.29. The van der Waals surface area contributed by atoms with Crippen LogP contribution in [0.4, 0.5) is 0 Å². The number of benzene rings is 1. The quantitative estimate of drug-likeness (QED) is 0.824. The smallest absolute Gasteiger partial charge is 0.121 e. The van der Waals surface area contributed by atoms with E-state index in [-0.39, 0.29) is 0 Å². The first kappa shape index (κ1) is 12.3. The lowest BCUT2D eigenvalue weighted by molar-refractivity contribution is 0.341. The molecule has 2 aliphatic rings. The average Bonchev–Trinajstić information content (AvgIpc) is 2.80. The minimum absolute atomic E-state index is 0.880. The van der Waals surface area contributed by atoms with E-state index < -0.39 is 0 Å². The Kier molecular flexibility index (Phi) is 3.05. The van der Waals surface area contributed by atoms with Crippen molar-refractivity contribution < 1.29 is 4.74 Å². The molecule has 2 aliphatic heterocycles. The Hall–Kier alpha value is -1.77. The Morgan fingerprint density at radius 3 is 2.95 bits per heavy atom. The Labute approximate surface area is 113 Å². The van der Waals surface area contributed by atoms with Gasteiger partial charge in [-0.15, -0.1) is 0 Å². The molecule has 19 heavy (non-hydrogen) atoms. The SMILES string of the molecule is CCCN1CCC2=c3ccc(OC)cc3=NC2=C1C. The molecule has 1 aromatic carbocycles. The van der Waals surface area contributed by atoms with Gasteiger partial charge in [-0.2, -0.15) is 0 Å². The molecule has 0 N–H and O–H groups in total. The molecule has 1 aromatic rings. The Balaban J connectivity index is 2.14. The second kappa shape index (κ2) is 4.72. The van der Waals surface area contributed by atoms with Crippen molar-refractivity contribution in [3.05, 3.63) is 40.2 Å². The Bertz CT molecular complexity index is 658. The van der Waals surface area contributed by atoms with Crippen molar-refractivity contribution in [3.63, 3.8) is 0 Å². The summed E-state index contributed by atoms with van der Waals surface area (Å²) in [4.78, 5) is 7.27. The van der Waals surface area contributed by atoms with Gasteiger partial charge in [0.1, 0.15) is 5.75 Å². The van der Waals surface area contributed by atoms with Crippen LogP contribution in [0, 0.1) is 0 Å². The molecule has 0 bridgehead atoms. The molecule has 100 valence electrons. The molecule has 2 heterocycles. The third-order valence-corrected chi connectivity index (χ3v) is 3.99. The van der Waals surface area contributed by atoms with Gasteiger partial charge < -0.3 is 9.64 Å². The highest BCUT2D eigenvalue weighted by atomic mass is 16.5. The summed E-state index contributed by atoms with van der Waals surface area (Å²) >= 11 is 0. The molecule has 0 atom stereocenters. The average molecular weight is 256 g/mol. The molecule has 0 aliphatic carbocycles. The van der Waals surface area contributed by atoms with E-state index >= 15 is 0 Å². The van der Waals surface area contributed by atoms with Crippen LogP contribution in [0.15, 0.2) is 34.6 Å².